The molecular weight excluding hydrogens is 505 g/mol. The summed E-state index contributed by atoms with van der Waals surface area (Å²) in [6, 6.07) is 6.32. The van der Waals surface area contributed by atoms with Gasteiger partial charge in [-0.2, -0.15) is 0 Å². The predicted octanol–water partition coefficient (Wildman–Crippen LogP) is -0.764. The minimum atomic E-state index is -1.20. The van der Waals surface area contributed by atoms with Gasteiger partial charge in [0.05, 0.1) is 12.5 Å². The van der Waals surface area contributed by atoms with Gasteiger partial charge < -0.3 is 31.8 Å². The Morgan fingerprint density at radius 1 is 1.13 bits per heavy atom. The zero-order valence-corrected chi connectivity index (χ0v) is 22.8. The minimum Gasteiger partial charge on any atom is -0.480 e. The number of amides is 4. The predicted molar refractivity (Wildman–Crippen MR) is 145 cm³/mol. The van der Waals surface area contributed by atoms with Crippen molar-refractivity contribution in [2.24, 2.45) is 11.7 Å². The number of hydrogen-bond donors (Lipinski definition) is 6. The SMILES string of the molecule is CC[C@H](C)[C@H](NC(=O)[C@@H]1CCCN1CB(O)[C@H](Cc1ccccc1)NC(=O)[C@H](CC(N)=O)NC(C)=O)C(=O)O. The average molecular weight is 545 g/mol. The van der Waals surface area contributed by atoms with Crippen molar-refractivity contribution in [2.75, 3.05) is 13.0 Å². The highest BCUT2D eigenvalue weighted by molar-refractivity contribution is 6.53. The molecule has 1 aliphatic rings. The van der Waals surface area contributed by atoms with Crippen LogP contribution in [0.4, 0.5) is 0 Å². The quantitative estimate of drug-likeness (QED) is 0.155. The topological polar surface area (TPSA) is 191 Å². The molecule has 0 aromatic heterocycles. The second-order valence-corrected chi connectivity index (χ2v) is 10.2. The van der Waals surface area contributed by atoms with E-state index in [1.54, 1.807) is 11.8 Å². The summed E-state index contributed by atoms with van der Waals surface area (Å²) < 4.78 is 0. The lowest BCUT2D eigenvalue weighted by Crippen LogP contribution is -2.59. The van der Waals surface area contributed by atoms with Crippen LogP contribution in [0.5, 0.6) is 0 Å². The molecule has 2 rings (SSSR count). The monoisotopic (exact) mass is 545 g/mol. The van der Waals surface area contributed by atoms with Crippen LogP contribution >= 0.6 is 0 Å². The van der Waals surface area contributed by atoms with Crippen LogP contribution in [0.1, 0.15) is 52.0 Å². The van der Waals surface area contributed by atoms with Crippen molar-refractivity contribution in [1.82, 2.24) is 20.9 Å². The maximum atomic E-state index is 13.1. The van der Waals surface area contributed by atoms with Gasteiger partial charge in [0.15, 0.2) is 0 Å². The summed E-state index contributed by atoms with van der Waals surface area (Å²) in [5.41, 5.74) is 6.09. The normalized spacial score (nSPS) is 18.3. The number of nitrogens with zero attached hydrogens (tertiary/aromatic N) is 1. The van der Waals surface area contributed by atoms with Gasteiger partial charge in [-0.1, -0.05) is 50.6 Å². The Morgan fingerprint density at radius 3 is 2.36 bits per heavy atom. The van der Waals surface area contributed by atoms with Crippen molar-refractivity contribution >= 4 is 36.5 Å². The molecule has 12 nitrogen and oxygen atoms in total. The summed E-state index contributed by atoms with van der Waals surface area (Å²) in [5, 5.41) is 28.6. The number of carbonyl (C=O) groups excluding carboxylic acids is 4. The number of rotatable bonds is 15. The number of benzene rings is 1. The molecule has 1 aromatic carbocycles. The largest absolute Gasteiger partial charge is 0.480 e. The maximum Gasteiger partial charge on any atom is 0.327 e. The summed E-state index contributed by atoms with van der Waals surface area (Å²) in [5.74, 6) is -4.54. The van der Waals surface area contributed by atoms with Gasteiger partial charge in [-0.3, -0.25) is 24.1 Å². The van der Waals surface area contributed by atoms with E-state index in [1.807, 2.05) is 37.3 Å². The Balaban J connectivity index is 2.19. The molecule has 7 N–H and O–H groups in total. The first-order valence-corrected chi connectivity index (χ1v) is 13.3. The Kier molecular flexibility index (Phi) is 12.4. The zero-order valence-electron chi connectivity index (χ0n) is 22.8. The van der Waals surface area contributed by atoms with E-state index in [2.05, 4.69) is 16.0 Å². The van der Waals surface area contributed by atoms with Crippen molar-refractivity contribution in [3.63, 3.8) is 0 Å². The van der Waals surface area contributed by atoms with Crippen molar-refractivity contribution in [2.45, 2.75) is 76.9 Å². The van der Waals surface area contributed by atoms with E-state index in [4.69, 9.17) is 5.73 Å². The minimum absolute atomic E-state index is 0.0392. The molecule has 5 atom stereocenters. The number of aliphatic carboxylic acids is 1. The number of carboxylic acids is 1. The molecule has 0 radical (unpaired) electrons. The van der Waals surface area contributed by atoms with Crippen LogP contribution in [0, 0.1) is 5.92 Å². The lowest BCUT2D eigenvalue weighted by Gasteiger charge is -2.30. The highest BCUT2D eigenvalue weighted by Crippen LogP contribution is 2.19. The Bertz CT molecular complexity index is 996. The van der Waals surface area contributed by atoms with E-state index in [-0.39, 0.29) is 18.8 Å². The number of primary amides is 1. The number of likely N-dealkylation sites (tertiary alicyclic amines) is 1. The lowest BCUT2D eigenvalue weighted by molar-refractivity contribution is -0.144. The fourth-order valence-electron chi connectivity index (χ4n) is 4.73. The van der Waals surface area contributed by atoms with E-state index in [0.717, 1.165) is 5.56 Å². The van der Waals surface area contributed by atoms with Gasteiger partial charge in [-0.05, 0) is 37.3 Å². The van der Waals surface area contributed by atoms with E-state index in [9.17, 15) is 34.1 Å². The number of carbonyl (C=O) groups is 5. The van der Waals surface area contributed by atoms with Crippen LogP contribution in [-0.2, 0) is 30.4 Å². The third-order valence-electron chi connectivity index (χ3n) is 7.05. The van der Waals surface area contributed by atoms with Crippen molar-refractivity contribution in [3.05, 3.63) is 35.9 Å². The van der Waals surface area contributed by atoms with Gasteiger partial charge >= 0.3 is 12.9 Å². The maximum absolute atomic E-state index is 13.1. The molecule has 0 unspecified atom stereocenters. The fraction of sp³-hybridized carbons (Fsp3) is 0.577. The molecule has 1 fully saturated rings. The van der Waals surface area contributed by atoms with E-state index in [1.165, 1.54) is 6.92 Å². The summed E-state index contributed by atoms with van der Waals surface area (Å²) in [6.45, 7) is 4.22. The molecule has 13 heteroatoms. The summed E-state index contributed by atoms with van der Waals surface area (Å²) >= 11 is 0. The first-order valence-electron chi connectivity index (χ1n) is 13.3. The number of nitrogens with two attached hydrogens (primary N) is 1. The van der Waals surface area contributed by atoms with Crippen molar-refractivity contribution < 1.29 is 34.1 Å². The van der Waals surface area contributed by atoms with Crippen molar-refractivity contribution in [1.29, 1.82) is 0 Å². The molecule has 1 saturated heterocycles. The van der Waals surface area contributed by atoms with Gasteiger partial charge in [-0.15, -0.1) is 0 Å². The molecule has 1 aromatic rings. The molecular formula is C26H40BN5O7. The number of hydrogen-bond acceptors (Lipinski definition) is 7. The van der Waals surface area contributed by atoms with Gasteiger partial charge in [0, 0.05) is 19.3 Å². The molecule has 4 amide bonds. The Morgan fingerprint density at radius 2 is 1.79 bits per heavy atom. The molecule has 0 bridgehead atoms. The first-order chi connectivity index (χ1) is 18.4. The lowest BCUT2D eigenvalue weighted by atomic mass is 9.58. The number of carboxylic acid groups (broad SMARTS) is 1. The van der Waals surface area contributed by atoms with E-state index in [0.29, 0.717) is 25.8 Å². The van der Waals surface area contributed by atoms with Gasteiger partial charge in [0.1, 0.15) is 12.1 Å². The second-order valence-electron chi connectivity index (χ2n) is 10.2. The van der Waals surface area contributed by atoms with E-state index < -0.39 is 67.0 Å². The Labute approximate surface area is 229 Å². The zero-order chi connectivity index (χ0) is 29.1. The average Bonchev–Trinajstić information content (AvgIpc) is 3.33. The number of nitrogens with one attached hydrogen (secondary N) is 3. The highest BCUT2D eigenvalue weighted by atomic mass is 16.4. The van der Waals surface area contributed by atoms with Crippen LogP contribution in [0.15, 0.2) is 30.3 Å². The van der Waals surface area contributed by atoms with Crippen molar-refractivity contribution in [3.8, 4) is 0 Å². The molecule has 0 saturated carbocycles. The smallest absolute Gasteiger partial charge is 0.327 e. The standard InChI is InChI=1S/C26H40BN5O7/c1-4-16(2)23(26(37)38)31-25(36)20-11-8-12-32(20)15-27(39)21(13-18-9-6-5-7-10-18)30-24(35)19(14-22(28)34)29-17(3)33/h5-7,9-10,16,19-21,23,39H,4,8,11-15H2,1-3H3,(H2,28,34)(H,29,33)(H,30,35)(H,31,36)(H,37,38)/t16-,19-,20-,21-,23-/m0/s1. The second kappa shape index (κ2) is 15.2. The summed E-state index contributed by atoms with van der Waals surface area (Å²) in [7, 11) is 0. The highest BCUT2D eigenvalue weighted by Gasteiger charge is 2.38. The van der Waals surface area contributed by atoms with Crippen LogP contribution in [0.3, 0.4) is 0 Å². The first kappa shape index (κ1) is 31.8. The van der Waals surface area contributed by atoms with Crippen LogP contribution in [0.2, 0.25) is 0 Å². The van der Waals surface area contributed by atoms with Gasteiger partial charge in [0.2, 0.25) is 23.6 Å². The van der Waals surface area contributed by atoms with E-state index >= 15 is 0 Å². The fourth-order valence-corrected chi connectivity index (χ4v) is 4.73. The van der Waals surface area contributed by atoms with Crippen LogP contribution in [-0.4, -0.2) is 88.6 Å². The summed E-state index contributed by atoms with van der Waals surface area (Å²) in [6.07, 6.45) is 1.65. The molecule has 1 aliphatic heterocycles. The van der Waals surface area contributed by atoms with Crippen LogP contribution < -0.4 is 21.7 Å². The third-order valence-corrected chi connectivity index (χ3v) is 7.05. The molecule has 214 valence electrons. The molecule has 0 spiro atoms. The Hall–Kier alpha value is -3.45. The molecule has 39 heavy (non-hydrogen) atoms. The van der Waals surface area contributed by atoms with Gasteiger partial charge in [-0.25, -0.2) is 4.79 Å². The molecule has 0 aliphatic carbocycles. The third kappa shape index (κ3) is 9.99. The van der Waals surface area contributed by atoms with Crippen LogP contribution in [0.25, 0.3) is 0 Å². The molecule has 1 heterocycles. The van der Waals surface area contributed by atoms with Gasteiger partial charge in [0.25, 0.3) is 0 Å². The summed E-state index contributed by atoms with van der Waals surface area (Å²) in [4.78, 5) is 62.6.